The highest BCUT2D eigenvalue weighted by molar-refractivity contribution is 7.99. The molecule has 15 heavy (non-hydrogen) atoms. The van der Waals surface area contributed by atoms with Crippen LogP contribution < -0.4 is 5.73 Å². The maximum atomic E-state index is 5.81. The van der Waals surface area contributed by atoms with Crippen molar-refractivity contribution in [3.8, 4) is 0 Å². The monoisotopic (exact) mass is 218 g/mol. The third-order valence-electron chi connectivity index (χ3n) is 1.77. The third-order valence-corrected chi connectivity index (χ3v) is 2.71. The summed E-state index contributed by atoms with van der Waals surface area (Å²) in [6.45, 7) is 1.93. The molecule has 0 saturated carbocycles. The van der Waals surface area contributed by atoms with Crippen molar-refractivity contribution in [1.29, 1.82) is 0 Å². The van der Waals surface area contributed by atoms with E-state index >= 15 is 0 Å². The summed E-state index contributed by atoms with van der Waals surface area (Å²) in [5, 5.41) is 1.57. The number of aryl methyl sites for hydroxylation is 1. The first-order valence-corrected chi connectivity index (χ1v) is 5.24. The van der Waals surface area contributed by atoms with Crippen molar-refractivity contribution < 1.29 is 0 Å². The van der Waals surface area contributed by atoms with Gasteiger partial charge in [-0.1, -0.05) is 0 Å². The van der Waals surface area contributed by atoms with Gasteiger partial charge in [0.1, 0.15) is 10.1 Å². The molecule has 0 saturated heterocycles. The number of hydrogen-bond acceptors (Lipinski definition) is 5. The van der Waals surface area contributed by atoms with E-state index in [1.165, 1.54) is 11.8 Å². The first-order chi connectivity index (χ1) is 7.25. The minimum atomic E-state index is 0.663. The minimum Gasteiger partial charge on any atom is -0.397 e. The second kappa shape index (κ2) is 4.27. The molecule has 2 heterocycles. The van der Waals surface area contributed by atoms with Crippen LogP contribution in [0, 0.1) is 6.92 Å². The van der Waals surface area contributed by atoms with Crippen LogP contribution in [-0.4, -0.2) is 15.0 Å². The van der Waals surface area contributed by atoms with E-state index in [-0.39, 0.29) is 0 Å². The van der Waals surface area contributed by atoms with E-state index in [0.717, 1.165) is 15.7 Å². The van der Waals surface area contributed by atoms with Crippen molar-refractivity contribution in [2.24, 2.45) is 0 Å². The third kappa shape index (κ3) is 2.44. The van der Waals surface area contributed by atoms with Crippen LogP contribution in [-0.2, 0) is 0 Å². The van der Waals surface area contributed by atoms with Gasteiger partial charge >= 0.3 is 0 Å². The molecular weight excluding hydrogens is 208 g/mol. The van der Waals surface area contributed by atoms with Gasteiger partial charge in [-0.05, 0) is 30.8 Å². The Labute approximate surface area is 92.0 Å². The summed E-state index contributed by atoms with van der Waals surface area (Å²) >= 11 is 1.42. The standard InChI is InChI=1S/C10H10N4S/c1-7-2-3-8(11)10(14-7)15-9-6-12-4-5-13-9/h2-6H,11H2,1H3. The Balaban J connectivity index is 2.28. The fourth-order valence-electron chi connectivity index (χ4n) is 1.06. The highest BCUT2D eigenvalue weighted by Crippen LogP contribution is 2.28. The summed E-state index contributed by atoms with van der Waals surface area (Å²) in [6.07, 6.45) is 4.97. The van der Waals surface area contributed by atoms with Crippen LogP contribution >= 0.6 is 11.8 Å². The van der Waals surface area contributed by atoms with Crippen molar-refractivity contribution in [3.05, 3.63) is 36.4 Å². The van der Waals surface area contributed by atoms with E-state index in [1.54, 1.807) is 18.6 Å². The van der Waals surface area contributed by atoms with Crippen LogP contribution in [0.1, 0.15) is 5.69 Å². The smallest absolute Gasteiger partial charge is 0.126 e. The van der Waals surface area contributed by atoms with Gasteiger partial charge in [-0.15, -0.1) is 0 Å². The molecule has 2 rings (SSSR count). The first kappa shape index (κ1) is 9.92. The molecule has 0 fully saturated rings. The van der Waals surface area contributed by atoms with E-state index < -0.39 is 0 Å². The van der Waals surface area contributed by atoms with E-state index in [1.807, 2.05) is 19.1 Å². The van der Waals surface area contributed by atoms with Gasteiger partial charge in [-0.2, -0.15) is 0 Å². The molecule has 0 aliphatic rings. The van der Waals surface area contributed by atoms with Crippen molar-refractivity contribution in [3.63, 3.8) is 0 Å². The van der Waals surface area contributed by atoms with Gasteiger partial charge < -0.3 is 5.73 Å². The highest BCUT2D eigenvalue weighted by atomic mass is 32.2. The topological polar surface area (TPSA) is 64.7 Å². The lowest BCUT2D eigenvalue weighted by atomic mass is 10.3. The number of pyridine rings is 1. The highest BCUT2D eigenvalue weighted by Gasteiger charge is 2.04. The summed E-state index contributed by atoms with van der Waals surface area (Å²) in [7, 11) is 0. The average Bonchev–Trinajstić information content (AvgIpc) is 2.25. The quantitative estimate of drug-likeness (QED) is 0.834. The zero-order valence-corrected chi connectivity index (χ0v) is 9.03. The summed E-state index contributed by atoms with van der Waals surface area (Å²) in [5.74, 6) is 0. The normalized spacial score (nSPS) is 10.2. The molecule has 2 aromatic heterocycles. The lowest BCUT2D eigenvalue weighted by Gasteiger charge is -2.03. The second-order valence-corrected chi connectivity index (χ2v) is 4.00. The summed E-state index contributed by atoms with van der Waals surface area (Å²) < 4.78 is 0. The van der Waals surface area contributed by atoms with Gasteiger partial charge in [0.15, 0.2) is 0 Å². The van der Waals surface area contributed by atoms with Crippen molar-refractivity contribution in [1.82, 2.24) is 15.0 Å². The molecular formula is C10H10N4S. The Morgan fingerprint density at radius 2 is 2.13 bits per heavy atom. The lowest BCUT2D eigenvalue weighted by Crippen LogP contribution is -1.93. The molecule has 0 amide bonds. The molecule has 0 spiro atoms. The number of anilines is 1. The lowest BCUT2D eigenvalue weighted by molar-refractivity contribution is 1.03. The Morgan fingerprint density at radius 3 is 2.87 bits per heavy atom. The number of rotatable bonds is 2. The van der Waals surface area contributed by atoms with Crippen LogP contribution in [0.25, 0.3) is 0 Å². The van der Waals surface area contributed by atoms with Gasteiger partial charge in [-0.25, -0.2) is 9.97 Å². The van der Waals surface area contributed by atoms with Crippen molar-refractivity contribution >= 4 is 17.4 Å². The molecule has 0 unspecified atom stereocenters. The maximum Gasteiger partial charge on any atom is 0.126 e. The first-order valence-electron chi connectivity index (χ1n) is 4.43. The Bertz CT molecular complexity index is 458. The summed E-state index contributed by atoms with van der Waals surface area (Å²) in [4.78, 5) is 12.5. The van der Waals surface area contributed by atoms with Gasteiger partial charge in [0, 0.05) is 18.1 Å². The largest absolute Gasteiger partial charge is 0.397 e. The SMILES string of the molecule is Cc1ccc(N)c(Sc2cnccn2)n1. The van der Waals surface area contributed by atoms with Crippen molar-refractivity contribution in [2.45, 2.75) is 17.0 Å². The Hall–Kier alpha value is -1.62. The molecule has 2 aromatic rings. The van der Waals surface area contributed by atoms with Gasteiger partial charge in [0.05, 0.1) is 11.9 Å². The molecule has 0 atom stereocenters. The van der Waals surface area contributed by atoms with Crippen LogP contribution in [0.5, 0.6) is 0 Å². The molecule has 5 heteroatoms. The van der Waals surface area contributed by atoms with Gasteiger partial charge in [0.25, 0.3) is 0 Å². The zero-order chi connectivity index (χ0) is 10.7. The molecule has 0 bridgehead atoms. The van der Waals surface area contributed by atoms with E-state index in [0.29, 0.717) is 5.69 Å². The molecule has 76 valence electrons. The second-order valence-electron chi connectivity index (χ2n) is 2.99. The predicted molar refractivity (Wildman–Crippen MR) is 59.5 cm³/mol. The maximum absolute atomic E-state index is 5.81. The van der Waals surface area contributed by atoms with E-state index in [9.17, 15) is 0 Å². The fourth-order valence-corrected chi connectivity index (χ4v) is 1.86. The molecule has 0 aliphatic heterocycles. The zero-order valence-electron chi connectivity index (χ0n) is 8.21. The number of nitrogens with two attached hydrogens (primary N) is 1. The number of nitrogen functional groups attached to an aromatic ring is 1. The fraction of sp³-hybridized carbons (Fsp3) is 0.100. The number of aromatic nitrogens is 3. The van der Waals surface area contributed by atoms with E-state index in [4.69, 9.17) is 5.73 Å². The van der Waals surface area contributed by atoms with Crippen LogP contribution in [0.2, 0.25) is 0 Å². The Morgan fingerprint density at radius 1 is 1.27 bits per heavy atom. The number of hydrogen-bond donors (Lipinski definition) is 1. The average molecular weight is 218 g/mol. The molecule has 0 radical (unpaired) electrons. The Kier molecular flexibility index (Phi) is 2.82. The summed E-state index contributed by atoms with van der Waals surface area (Å²) in [6, 6.07) is 3.73. The van der Waals surface area contributed by atoms with Crippen LogP contribution in [0.15, 0.2) is 40.8 Å². The molecule has 4 nitrogen and oxygen atoms in total. The summed E-state index contributed by atoms with van der Waals surface area (Å²) in [5.41, 5.74) is 7.41. The van der Waals surface area contributed by atoms with Crippen LogP contribution in [0.4, 0.5) is 5.69 Å². The van der Waals surface area contributed by atoms with Gasteiger partial charge in [0.2, 0.25) is 0 Å². The predicted octanol–water partition coefficient (Wildman–Crippen LogP) is 1.91. The van der Waals surface area contributed by atoms with Gasteiger partial charge in [-0.3, -0.25) is 4.98 Å². The minimum absolute atomic E-state index is 0.663. The molecule has 2 N–H and O–H groups in total. The van der Waals surface area contributed by atoms with Crippen molar-refractivity contribution in [2.75, 3.05) is 5.73 Å². The number of nitrogens with zero attached hydrogens (tertiary/aromatic N) is 3. The molecule has 0 aliphatic carbocycles. The van der Waals surface area contributed by atoms with Crippen LogP contribution in [0.3, 0.4) is 0 Å². The molecule has 0 aromatic carbocycles. The van der Waals surface area contributed by atoms with E-state index in [2.05, 4.69) is 15.0 Å².